The SMILES string of the molecule is CC(=O)Nc1cc(C(=O)N2CCC(c3ccc(F)cc3)C2)c2c(c1)nc(C)n2Cc1ccccc1. The Morgan fingerprint density at radius 3 is 2.54 bits per heavy atom. The fourth-order valence-electron chi connectivity index (χ4n) is 4.90. The molecule has 4 aromatic rings. The first-order chi connectivity index (χ1) is 16.9. The molecular formula is C28H27FN4O2. The molecule has 0 spiro atoms. The van der Waals surface area contributed by atoms with Crippen LogP contribution in [0.25, 0.3) is 11.0 Å². The van der Waals surface area contributed by atoms with Gasteiger partial charge in [0, 0.05) is 38.2 Å². The minimum atomic E-state index is -0.265. The van der Waals surface area contributed by atoms with Crippen molar-refractivity contribution in [3.05, 3.63) is 95.1 Å². The van der Waals surface area contributed by atoms with Crippen molar-refractivity contribution in [1.29, 1.82) is 0 Å². The molecule has 178 valence electrons. The molecule has 1 fully saturated rings. The molecule has 1 atom stereocenters. The lowest BCUT2D eigenvalue weighted by atomic mass is 9.98. The van der Waals surface area contributed by atoms with Crippen LogP contribution in [-0.2, 0) is 11.3 Å². The number of fused-ring (bicyclic) bond motifs is 1. The predicted octanol–water partition coefficient (Wildman–Crippen LogP) is 5.12. The van der Waals surface area contributed by atoms with Crippen molar-refractivity contribution in [2.45, 2.75) is 32.7 Å². The number of amides is 2. The monoisotopic (exact) mass is 470 g/mol. The maximum Gasteiger partial charge on any atom is 0.256 e. The van der Waals surface area contributed by atoms with Gasteiger partial charge in [0.2, 0.25) is 5.91 Å². The average molecular weight is 471 g/mol. The van der Waals surface area contributed by atoms with Gasteiger partial charge < -0.3 is 14.8 Å². The zero-order valence-corrected chi connectivity index (χ0v) is 19.8. The van der Waals surface area contributed by atoms with Crippen LogP contribution in [0.4, 0.5) is 10.1 Å². The highest BCUT2D eigenvalue weighted by Crippen LogP contribution is 2.32. The van der Waals surface area contributed by atoms with E-state index < -0.39 is 0 Å². The Bertz CT molecular complexity index is 1400. The molecule has 1 saturated heterocycles. The summed E-state index contributed by atoms with van der Waals surface area (Å²) in [4.78, 5) is 32.2. The lowest BCUT2D eigenvalue weighted by molar-refractivity contribution is -0.114. The molecule has 1 aliphatic rings. The molecule has 1 aromatic heterocycles. The van der Waals surface area contributed by atoms with Crippen LogP contribution in [0.3, 0.4) is 0 Å². The number of aromatic nitrogens is 2. The van der Waals surface area contributed by atoms with Crippen molar-refractivity contribution in [1.82, 2.24) is 14.5 Å². The molecule has 0 aliphatic carbocycles. The van der Waals surface area contributed by atoms with Gasteiger partial charge in [-0.3, -0.25) is 9.59 Å². The Morgan fingerprint density at radius 2 is 1.83 bits per heavy atom. The molecule has 35 heavy (non-hydrogen) atoms. The van der Waals surface area contributed by atoms with Crippen LogP contribution >= 0.6 is 0 Å². The summed E-state index contributed by atoms with van der Waals surface area (Å²) in [6, 6.07) is 20.1. The van der Waals surface area contributed by atoms with Crippen LogP contribution in [0.2, 0.25) is 0 Å². The number of nitrogens with zero attached hydrogens (tertiary/aromatic N) is 3. The largest absolute Gasteiger partial charge is 0.338 e. The lowest BCUT2D eigenvalue weighted by Crippen LogP contribution is -2.29. The fraction of sp³-hybridized carbons (Fsp3) is 0.250. The van der Waals surface area contributed by atoms with Crippen LogP contribution < -0.4 is 5.32 Å². The number of aryl methyl sites for hydroxylation is 1. The molecular weight excluding hydrogens is 443 g/mol. The minimum Gasteiger partial charge on any atom is -0.338 e. The molecule has 2 amide bonds. The molecule has 0 radical (unpaired) electrons. The number of hydrogen-bond donors (Lipinski definition) is 1. The van der Waals surface area contributed by atoms with Gasteiger partial charge >= 0.3 is 0 Å². The van der Waals surface area contributed by atoms with Crippen LogP contribution in [0, 0.1) is 12.7 Å². The summed E-state index contributed by atoms with van der Waals surface area (Å²) in [6.07, 6.45) is 0.814. The molecule has 3 aromatic carbocycles. The summed E-state index contributed by atoms with van der Waals surface area (Å²) in [5.41, 5.74) is 4.63. The summed E-state index contributed by atoms with van der Waals surface area (Å²) < 4.78 is 15.4. The molecule has 0 bridgehead atoms. The van der Waals surface area contributed by atoms with E-state index in [0.717, 1.165) is 28.9 Å². The summed E-state index contributed by atoms with van der Waals surface area (Å²) in [6.45, 7) is 5.12. The number of carbonyl (C=O) groups excluding carboxylic acids is 2. The van der Waals surface area contributed by atoms with Gasteiger partial charge in [0.25, 0.3) is 5.91 Å². The van der Waals surface area contributed by atoms with Gasteiger partial charge in [-0.2, -0.15) is 0 Å². The Labute approximate surface area is 203 Å². The number of hydrogen-bond acceptors (Lipinski definition) is 3. The van der Waals surface area contributed by atoms with Gasteiger partial charge in [0.15, 0.2) is 0 Å². The number of likely N-dealkylation sites (tertiary alicyclic amines) is 1. The maximum absolute atomic E-state index is 13.9. The van der Waals surface area contributed by atoms with E-state index in [0.29, 0.717) is 36.4 Å². The molecule has 1 aliphatic heterocycles. The van der Waals surface area contributed by atoms with Gasteiger partial charge in [-0.05, 0) is 48.7 Å². The molecule has 0 saturated carbocycles. The molecule has 7 heteroatoms. The van der Waals surface area contributed by atoms with Crippen molar-refractivity contribution < 1.29 is 14.0 Å². The van der Waals surface area contributed by atoms with Crippen molar-refractivity contribution in [2.75, 3.05) is 18.4 Å². The number of halogens is 1. The number of anilines is 1. The first-order valence-corrected chi connectivity index (χ1v) is 11.8. The summed E-state index contributed by atoms with van der Waals surface area (Å²) in [5.74, 6) is 0.383. The van der Waals surface area contributed by atoms with E-state index >= 15 is 0 Å². The zero-order valence-electron chi connectivity index (χ0n) is 19.8. The van der Waals surface area contributed by atoms with Gasteiger partial charge in [-0.15, -0.1) is 0 Å². The van der Waals surface area contributed by atoms with E-state index in [1.807, 2.05) is 48.2 Å². The second-order valence-electron chi connectivity index (χ2n) is 9.09. The Balaban J connectivity index is 1.53. The number of carbonyl (C=O) groups is 2. The van der Waals surface area contributed by atoms with Gasteiger partial charge in [0.05, 0.1) is 16.6 Å². The normalized spacial score (nSPS) is 15.5. The highest BCUT2D eigenvalue weighted by Gasteiger charge is 2.30. The number of imidazole rings is 1. The smallest absolute Gasteiger partial charge is 0.256 e. The first-order valence-electron chi connectivity index (χ1n) is 11.8. The third-order valence-corrected chi connectivity index (χ3v) is 6.58. The van der Waals surface area contributed by atoms with Gasteiger partial charge in [-0.1, -0.05) is 42.5 Å². The summed E-state index contributed by atoms with van der Waals surface area (Å²) in [5, 5.41) is 2.81. The highest BCUT2D eigenvalue weighted by atomic mass is 19.1. The minimum absolute atomic E-state index is 0.0963. The van der Waals surface area contributed by atoms with Gasteiger partial charge in [0.1, 0.15) is 11.6 Å². The third-order valence-electron chi connectivity index (χ3n) is 6.58. The zero-order chi connectivity index (χ0) is 24.5. The standard InChI is InChI=1S/C28H27FN4O2/c1-18-30-26-15-24(31-19(2)34)14-25(27(26)33(18)16-20-6-4-3-5-7-20)28(35)32-13-12-22(17-32)21-8-10-23(29)11-9-21/h3-11,14-15,22H,12-13,16-17H2,1-2H3,(H,31,34). The molecule has 6 nitrogen and oxygen atoms in total. The second-order valence-corrected chi connectivity index (χ2v) is 9.09. The van der Waals surface area contributed by atoms with E-state index in [2.05, 4.69) is 9.88 Å². The summed E-state index contributed by atoms with van der Waals surface area (Å²) in [7, 11) is 0. The number of rotatable bonds is 5. The van der Waals surface area contributed by atoms with Crippen LogP contribution in [-0.4, -0.2) is 39.4 Å². The van der Waals surface area contributed by atoms with E-state index in [9.17, 15) is 14.0 Å². The quantitative estimate of drug-likeness (QED) is 0.440. The van der Waals surface area contributed by atoms with E-state index in [4.69, 9.17) is 4.98 Å². The number of nitrogens with one attached hydrogen (secondary N) is 1. The van der Waals surface area contributed by atoms with Crippen LogP contribution in [0.5, 0.6) is 0 Å². The molecule has 1 unspecified atom stereocenters. The van der Waals surface area contributed by atoms with Crippen molar-refractivity contribution in [2.24, 2.45) is 0 Å². The van der Waals surface area contributed by atoms with Crippen molar-refractivity contribution >= 4 is 28.5 Å². The van der Waals surface area contributed by atoms with E-state index in [1.165, 1.54) is 19.1 Å². The number of benzene rings is 3. The first kappa shape index (κ1) is 22.8. The highest BCUT2D eigenvalue weighted by molar-refractivity contribution is 6.07. The topological polar surface area (TPSA) is 67.2 Å². The third kappa shape index (κ3) is 4.67. The van der Waals surface area contributed by atoms with Crippen LogP contribution in [0.15, 0.2) is 66.7 Å². The second kappa shape index (κ2) is 9.33. The molecule has 1 N–H and O–H groups in total. The molecule has 5 rings (SSSR count). The Hall–Kier alpha value is -4.00. The summed E-state index contributed by atoms with van der Waals surface area (Å²) >= 11 is 0. The maximum atomic E-state index is 13.9. The fourth-order valence-corrected chi connectivity index (χ4v) is 4.90. The molecule has 2 heterocycles. The van der Waals surface area contributed by atoms with Crippen molar-refractivity contribution in [3.63, 3.8) is 0 Å². The van der Waals surface area contributed by atoms with E-state index in [1.54, 1.807) is 18.2 Å². The predicted molar refractivity (Wildman–Crippen MR) is 134 cm³/mol. The Morgan fingerprint density at radius 1 is 1.09 bits per heavy atom. The lowest BCUT2D eigenvalue weighted by Gasteiger charge is -2.19. The van der Waals surface area contributed by atoms with Gasteiger partial charge in [-0.25, -0.2) is 9.37 Å². The van der Waals surface area contributed by atoms with Crippen LogP contribution in [0.1, 0.15) is 46.6 Å². The average Bonchev–Trinajstić information content (AvgIpc) is 3.44. The Kier molecular flexibility index (Phi) is 6.07. The van der Waals surface area contributed by atoms with Crippen molar-refractivity contribution in [3.8, 4) is 0 Å². The van der Waals surface area contributed by atoms with E-state index in [-0.39, 0.29) is 23.5 Å².